The molecular formula is C29H33ClN2O2S. The summed E-state index contributed by atoms with van der Waals surface area (Å²) in [5, 5.41) is 3.72. The molecule has 3 aromatic carbocycles. The van der Waals surface area contributed by atoms with Gasteiger partial charge in [0, 0.05) is 29.8 Å². The van der Waals surface area contributed by atoms with Gasteiger partial charge in [0.15, 0.2) is 0 Å². The molecule has 0 unspecified atom stereocenters. The van der Waals surface area contributed by atoms with Crippen molar-refractivity contribution in [3.05, 3.63) is 106 Å². The summed E-state index contributed by atoms with van der Waals surface area (Å²) in [6.07, 6.45) is 0.451. The Morgan fingerprint density at radius 3 is 2.23 bits per heavy atom. The number of rotatable bonds is 11. The Morgan fingerprint density at radius 2 is 1.57 bits per heavy atom. The summed E-state index contributed by atoms with van der Waals surface area (Å²) in [5.41, 5.74) is 4.16. The smallest absolute Gasteiger partial charge is 0.243 e. The predicted molar refractivity (Wildman–Crippen MR) is 147 cm³/mol. The van der Waals surface area contributed by atoms with Crippen LogP contribution in [0.2, 0.25) is 5.02 Å². The molecule has 2 amide bonds. The summed E-state index contributed by atoms with van der Waals surface area (Å²) >= 11 is 7.80. The highest BCUT2D eigenvalue weighted by molar-refractivity contribution is 7.99. The lowest BCUT2D eigenvalue weighted by Crippen LogP contribution is -2.52. The first-order valence-electron chi connectivity index (χ1n) is 11.8. The summed E-state index contributed by atoms with van der Waals surface area (Å²) in [4.78, 5) is 28.7. The first-order chi connectivity index (χ1) is 16.8. The summed E-state index contributed by atoms with van der Waals surface area (Å²) in [7, 11) is 0. The lowest BCUT2D eigenvalue weighted by Gasteiger charge is -2.32. The number of amides is 2. The van der Waals surface area contributed by atoms with Gasteiger partial charge >= 0.3 is 0 Å². The largest absolute Gasteiger partial charge is 0.352 e. The number of nitrogens with zero attached hydrogens (tertiary/aromatic N) is 1. The number of carbonyl (C=O) groups excluding carboxylic acids is 2. The van der Waals surface area contributed by atoms with Gasteiger partial charge in [-0.05, 0) is 43.5 Å². The fourth-order valence-corrected chi connectivity index (χ4v) is 4.97. The Morgan fingerprint density at radius 1 is 0.914 bits per heavy atom. The Labute approximate surface area is 218 Å². The van der Waals surface area contributed by atoms with Gasteiger partial charge in [-0.15, -0.1) is 11.8 Å². The molecule has 184 valence electrons. The van der Waals surface area contributed by atoms with Crippen LogP contribution in [-0.2, 0) is 28.3 Å². The quantitative estimate of drug-likeness (QED) is 0.343. The van der Waals surface area contributed by atoms with E-state index in [2.05, 4.69) is 5.32 Å². The van der Waals surface area contributed by atoms with Crippen molar-refractivity contribution < 1.29 is 9.59 Å². The Balaban J connectivity index is 1.84. The van der Waals surface area contributed by atoms with Gasteiger partial charge in [0.05, 0.1) is 5.75 Å². The predicted octanol–water partition coefficient (Wildman–Crippen LogP) is 6.05. The van der Waals surface area contributed by atoms with Crippen molar-refractivity contribution in [1.29, 1.82) is 0 Å². The summed E-state index contributed by atoms with van der Waals surface area (Å²) in [6.45, 7) is 6.27. The normalized spacial score (nSPS) is 11.8. The molecule has 6 heteroatoms. The third-order valence-corrected chi connectivity index (χ3v) is 6.95. The van der Waals surface area contributed by atoms with Crippen molar-refractivity contribution in [2.24, 2.45) is 0 Å². The number of hydrogen-bond acceptors (Lipinski definition) is 3. The number of nitrogens with one attached hydrogen (secondary N) is 1. The van der Waals surface area contributed by atoms with E-state index >= 15 is 0 Å². The molecule has 0 aliphatic rings. The van der Waals surface area contributed by atoms with Gasteiger partial charge in [0.25, 0.3) is 0 Å². The van der Waals surface area contributed by atoms with E-state index in [1.807, 2.05) is 99.6 Å². The molecule has 1 N–H and O–H groups in total. The topological polar surface area (TPSA) is 49.4 Å². The second kappa shape index (κ2) is 13.4. The lowest BCUT2D eigenvalue weighted by molar-refractivity contribution is -0.139. The standard InChI is InChI=1S/C29H33ClN2O2S/c1-21(2)31-29(34)27(17-23-9-5-4-6-10-23)32(18-24-15-13-22(3)14-16-24)28(33)20-35-19-25-11-7-8-12-26(25)30/h4-16,21,27H,17-20H2,1-3H3,(H,31,34)/t27-/m1/s1. The summed E-state index contributed by atoms with van der Waals surface area (Å²) < 4.78 is 0. The molecule has 0 radical (unpaired) electrons. The highest BCUT2D eigenvalue weighted by Crippen LogP contribution is 2.22. The number of benzene rings is 3. The first-order valence-corrected chi connectivity index (χ1v) is 13.4. The fraction of sp³-hybridized carbons (Fsp3) is 0.310. The van der Waals surface area contributed by atoms with Gasteiger partial charge < -0.3 is 10.2 Å². The highest BCUT2D eigenvalue weighted by atomic mass is 35.5. The molecular weight excluding hydrogens is 476 g/mol. The van der Waals surface area contributed by atoms with Gasteiger partial charge in [0.2, 0.25) is 11.8 Å². The minimum Gasteiger partial charge on any atom is -0.352 e. The average Bonchev–Trinajstić information content (AvgIpc) is 2.84. The molecule has 0 fully saturated rings. The van der Waals surface area contributed by atoms with E-state index in [-0.39, 0.29) is 23.6 Å². The van der Waals surface area contributed by atoms with Gasteiger partial charge in [0.1, 0.15) is 6.04 Å². The zero-order chi connectivity index (χ0) is 25.2. The Kier molecular flexibility index (Phi) is 10.2. The monoisotopic (exact) mass is 508 g/mol. The minimum absolute atomic E-state index is 0.0216. The van der Waals surface area contributed by atoms with Crippen LogP contribution in [0.4, 0.5) is 0 Å². The number of halogens is 1. The summed E-state index contributed by atoms with van der Waals surface area (Å²) in [6, 6.07) is 25.0. The maximum absolute atomic E-state index is 13.6. The van der Waals surface area contributed by atoms with Crippen LogP contribution in [0.25, 0.3) is 0 Å². The number of carbonyl (C=O) groups is 2. The van der Waals surface area contributed by atoms with E-state index in [1.54, 1.807) is 4.90 Å². The molecule has 1 atom stereocenters. The third kappa shape index (κ3) is 8.44. The molecule has 0 bridgehead atoms. The molecule has 0 saturated carbocycles. The van der Waals surface area contributed by atoms with Crippen LogP contribution in [0.5, 0.6) is 0 Å². The Hall–Kier alpha value is -2.76. The molecule has 3 rings (SSSR count). The Bertz CT molecular complexity index is 1100. The molecule has 0 aliphatic carbocycles. The molecule has 0 saturated heterocycles. The van der Waals surface area contributed by atoms with Gasteiger partial charge in [-0.1, -0.05) is 90.0 Å². The fourth-order valence-electron chi connectivity index (χ4n) is 3.77. The lowest BCUT2D eigenvalue weighted by atomic mass is 10.0. The first kappa shape index (κ1) is 26.8. The van der Waals surface area contributed by atoms with Crippen LogP contribution in [0.1, 0.15) is 36.1 Å². The number of hydrogen-bond donors (Lipinski definition) is 1. The number of thioether (sulfide) groups is 1. The second-order valence-corrected chi connectivity index (χ2v) is 10.4. The molecule has 35 heavy (non-hydrogen) atoms. The SMILES string of the molecule is Cc1ccc(CN(C(=O)CSCc2ccccc2Cl)[C@H](Cc2ccccc2)C(=O)NC(C)C)cc1. The molecule has 4 nitrogen and oxygen atoms in total. The summed E-state index contributed by atoms with van der Waals surface area (Å²) in [5.74, 6) is 0.686. The molecule has 0 heterocycles. The van der Waals surface area contributed by atoms with Crippen LogP contribution in [0.15, 0.2) is 78.9 Å². The second-order valence-electron chi connectivity index (χ2n) is 8.96. The number of aryl methyl sites for hydroxylation is 1. The van der Waals surface area contributed by atoms with Crippen molar-refractivity contribution in [2.45, 2.75) is 51.6 Å². The third-order valence-electron chi connectivity index (χ3n) is 5.62. The molecule has 0 spiro atoms. The van der Waals surface area contributed by atoms with Crippen LogP contribution < -0.4 is 5.32 Å². The van der Waals surface area contributed by atoms with Crippen molar-refractivity contribution >= 4 is 35.2 Å². The van der Waals surface area contributed by atoms with Crippen LogP contribution in [0.3, 0.4) is 0 Å². The van der Waals surface area contributed by atoms with Crippen molar-refractivity contribution in [1.82, 2.24) is 10.2 Å². The van der Waals surface area contributed by atoms with Crippen LogP contribution >= 0.6 is 23.4 Å². The van der Waals surface area contributed by atoms with Gasteiger partial charge in [-0.25, -0.2) is 0 Å². The van der Waals surface area contributed by atoms with Crippen LogP contribution in [0, 0.1) is 6.92 Å². The van der Waals surface area contributed by atoms with Crippen molar-refractivity contribution in [3.63, 3.8) is 0 Å². The molecule has 0 aliphatic heterocycles. The molecule has 0 aromatic heterocycles. The average molecular weight is 509 g/mol. The van der Waals surface area contributed by atoms with Crippen molar-refractivity contribution in [3.8, 4) is 0 Å². The van der Waals surface area contributed by atoms with Gasteiger partial charge in [-0.3, -0.25) is 9.59 Å². The van der Waals surface area contributed by atoms with E-state index in [4.69, 9.17) is 11.6 Å². The highest BCUT2D eigenvalue weighted by Gasteiger charge is 2.30. The zero-order valence-corrected chi connectivity index (χ0v) is 22.1. The van der Waals surface area contributed by atoms with E-state index in [1.165, 1.54) is 11.8 Å². The maximum Gasteiger partial charge on any atom is 0.243 e. The van der Waals surface area contributed by atoms with E-state index < -0.39 is 6.04 Å². The van der Waals surface area contributed by atoms with Gasteiger partial charge in [-0.2, -0.15) is 0 Å². The maximum atomic E-state index is 13.6. The van der Waals surface area contributed by atoms with E-state index in [0.717, 1.165) is 22.3 Å². The van der Waals surface area contributed by atoms with E-state index in [9.17, 15) is 9.59 Å². The zero-order valence-electron chi connectivity index (χ0n) is 20.5. The van der Waals surface area contributed by atoms with Crippen molar-refractivity contribution in [2.75, 3.05) is 5.75 Å². The van der Waals surface area contributed by atoms with Crippen LogP contribution in [-0.4, -0.2) is 34.6 Å². The minimum atomic E-state index is -0.616. The molecule has 3 aromatic rings. The van der Waals surface area contributed by atoms with E-state index in [0.29, 0.717) is 23.7 Å².